The minimum Gasteiger partial charge on any atom is -0.469 e. The highest BCUT2D eigenvalue weighted by Gasteiger charge is 2.18. The van der Waals surface area contributed by atoms with Crippen LogP contribution in [-0.4, -0.2) is 13.1 Å². The van der Waals surface area contributed by atoms with E-state index in [-0.39, 0.29) is 23.9 Å². The first-order valence-corrected chi connectivity index (χ1v) is 6.13. The monoisotopic (exact) mass is 271 g/mol. The van der Waals surface area contributed by atoms with Crippen molar-refractivity contribution in [1.82, 2.24) is 0 Å². The highest BCUT2D eigenvalue weighted by molar-refractivity contribution is 5.69. The Labute approximate surface area is 111 Å². The van der Waals surface area contributed by atoms with E-state index in [1.54, 1.807) is 6.92 Å². The van der Waals surface area contributed by atoms with Gasteiger partial charge in [-0.15, -0.1) is 0 Å². The van der Waals surface area contributed by atoms with Crippen molar-refractivity contribution >= 4 is 5.97 Å². The van der Waals surface area contributed by atoms with Crippen LogP contribution in [0.15, 0.2) is 12.1 Å². The molecule has 0 radical (unpaired) electrons. The van der Waals surface area contributed by atoms with Crippen molar-refractivity contribution in [2.45, 2.75) is 32.7 Å². The molecule has 0 amide bonds. The van der Waals surface area contributed by atoms with Crippen LogP contribution in [0.3, 0.4) is 0 Å². The van der Waals surface area contributed by atoms with E-state index < -0.39 is 17.7 Å². The smallest absolute Gasteiger partial charge is 0.305 e. The molecule has 0 saturated heterocycles. The van der Waals surface area contributed by atoms with E-state index in [4.69, 9.17) is 5.73 Å². The van der Waals surface area contributed by atoms with Gasteiger partial charge >= 0.3 is 5.97 Å². The topological polar surface area (TPSA) is 52.3 Å². The van der Waals surface area contributed by atoms with Crippen molar-refractivity contribution < 1.29 is 18.3 Å². The summed E-state index contributed by atoms with van der Waals surface area (Å²) in [5.41, 5.74) is 6.55. The second kappa shape index (κ2) is 6.61. The van der Waals surface area contributed by atoms with Crippen LogP contribution in [0.2, 0.25) is 0 Å². The molecule has 1 aromatic carbocycles. The number of benzene rings is 1. The standard InChI is InChI=1S/C14H19F2NO2/c1-8(5-14(18)19-3)4-13(17)10-6-9(2)11(15)7-12(10)16/h6-8,13H,4-5,17H2,1-3H3. The van der Waals surface area contributed by atoms with Crippen LogP contribution in [0.25, 0.3) is 0 Å². The zero-order chi connectivity index (χ0) is 14.6. The highest BCUT2D eigenvalue weighted by Crippen LogP contribution is 2.25. The van der Waals surface area contributed by atoms with Gasteiger partial charge in [0.2, 0.25) is 0 Å². The summed E-state index contributed by atoms with van der Waals surface area (Å²) in [5, 5.41) is 0. The molecule has 2 unspecified atom stereocenters. The van der Waals surface area contributed by atoms with E-state index in [9.17, 15) is 13.6 Å². The number of carbonyl (C=O) groups excluding carboxylic acids is 1. The van der Waals surface area contributed by atoms with E-state index in [0.717, 1.165) is 6.07 Å². The van der Waals surface area contributed by atoms with Crippen molar-refractivity contribution in [2.75, 3.05) is 7.11 Å². The number of halogens is 2. The van der Waals surface area contributed by atoms with E-state index in [2.05, 4.69) is 4.74 Å². The minimum absolute atomic E-state index is 0.0350. The fourth-order valence-electron chi connectivity index (χ4n) is 1.98. The molecule has 0 bridgehead atoms. The molecule has 0 saturated carbocycles. The fourth-order valence-corrected chi connectivity index (χ4v) is 1.98. The summed E-state index contributed by atoms with van der Waals surface area (Å²) >= 11 is 0. The van der Waals surface area contributed by atoms with Gasteiger partial charge < -0.3 is 10.5 Å². The predicted octanol–water partition coefficient (Wildman–Crippen LogP) is 2.86. The second-order valence-electron chi connectivity index (χ2n) is 4.85. The first-order valence-electron chi connectivity index (χ1n) is 6.13. The number of hydrogen-bond donors (Lipinski definition) is 1. The van der Waals surface area contributed by atoms with E-state index in [0.29, 0.717) is 12.0 Å². The Morgan fingerprint density at radius 3 is 2.58 bits per heavy atom. The predicted molar refractivity (Wildman–Crippen MR) is 68.4 cm³/mol. The fraction of sp³-hybridized carbons (Fsp3) is 0.500. The van der Waals surface area contributed by atoms with Gasteiger partial charge in [0.05, 0.1) is 7.11 Å². The van der Waals surface area contributed by atoms with Gasteiger partial charge in [-0.2, -0.15) is 0 Å². The summed E-state index contributed by atoms with van der Waals surface area (Å²) in [4.78, 5) is 11.1. The third kappa shape index (κ3) is 4.28. The van der Waals surface area contributed by atoms with E-state index in [1.165, 1.54) is 13.2 Å². The van der Waals surface area contributed by atoms with Crippen molar-refractivity contribution in [3.8, 4) is 0 Å². The van der Waals surface area contributed by atoms with Crippen LogP contribution in [-0.2, 0) is 9.53 Å². The first-order chi connectivity index (χ1) is 8.85. The van der Waals surface area contributed by atoms with E-state index in [1.807, 2.05) is 6.92 Å². The van der Waals surface area contributed by atoms with Gasteiger partial charge in [-0.1, -0.05) is 6.92 Å². The normalized spacial score (nSPS) is 14.0. The van der Waals surface area contributed by atoms with Gasteiger partial charge in [-0.3, -0.25) is 4.79 Å². The lowest BCUT2D eigenvalue weighted by Gasteiger charge is -2.18. The summed E-state index contributed by atoms with van der Waals surface area (Å²) in [7, 11) is 1.32. The third-order valence-electron chi connectivity index (χ3n) is 3.08. The highest BCUT2D eigenvalue weighted by atomic mass is 19.1. The Morgan fingerprint density at radius 1 is 1.37 bits per heavy atom. The Balaban J connectivity index is 2.75. The van der Waals surface area contributed by atoms with Gasteiger partial charge in [0.25, 0.3) is 0 Å². The Hall–Kier alpha value is -1.49. The molecule has 3 nitrogen and oxygen atoms in total. The lowest BCUT2D eigenvalue weighted by Crippen LogP contribution is -2.18. The van der Waals surface area contributed by atoms with Crippen LogP contribution in [0, 0.1) is 24.5 Å². The minimum atomic E-state index is -0.652. The zero-order valence-corrected chi connectivity index (χ0v) is 11.4. The molecule has 19 heavy (non-hydrogen) atoms. The number of carbonyl (C=O) groups is 1. The molecule has 2 N–H and O–H groups in total. The number of methoxy groups -OCH3 is 1. The van der Waals surface area contributed by atoms with Crippen LogP contribution in [0.4, 0.5) is 8.78 Å². The molecule has 0 heterocycles. The van der Waals surface area contributed by atoms with E-state index >= 15 is 0 Å². The molecular weight excluding hydrogens is 252 g/mol. The molecule has 0 aromatic heterocycles. The Kier molecular flexibility index (Phi) is 5.42. The summed E-state index contributed by atoms with van der Waals surface area (Å²) in [6.07, 6.45) is 0.656. The molecule has 1 aromatic rings. The number of aryl methyl sites for hydroxylation is 1. The maximum atomic E-state index is 13.6. The molecule has 1 rings (SSSR count). The number of esters is 1. The number of rotatable bonds is 5. The van der Waals surface area contributed by atoms with Crippen LogP contribution < -0.4 is 5.73 Å². The maximum Gasteiger partial charge on any atom is 0.305 e. The second-order valence-corrected chi connectivity index (χ2v) is 4.85. The summed E-state index contributed by atoms with van der Waals surface area (Å²) < 4.78 is 31.4. The van der Waals surface area contributed by atoms with Crippen LogP contribution in [0.5, 0.6) is 0 Å². The molecule has 0 aliphatic heterocycles. The van der Waals surface area contributed by atoms with Crippen molar-refractivity contribution in [3.05, 3.63) is 34.9 Å². The van der Waals surface area contributed by atoms with Crippen molar-refractivity contribution in [3.63, 3.8) is 0 Å². The van der Waals surface area contributed by atoms with Crippen molar-refractivity contribution in [2.24, 2.45) is 11.7 Å². The largest absolute Gasteiger partial charge is 0.469 e. The van der Waals surface area contributed by atoms with Gasteiger partial charge in [-0.05, 0) is 30.9 Å². The summed E-state index contributed by atoms with van der Waals surface area (Å²) in [6, 6.07) is 1.69. The van der Waals surface area contributed by atoms with Gasteiger partial charge in [-0.25, -0.2) is 8.78 Å². The molecule has 0 aliphatic carbocycles. The Bertz CT molecular complexity index is 463. The first kappa shape index (κ1) is 15.6. The molecule has 0 fully saturated rings. The van der Waals surface area contributed by atoms with Crippen LogP contribution in [0.1, 0.15) is 36.9 Å². The molecular formula is C14H19F2NO2. The number of hydrogen-bond acceptors (Lipinski definition) is 3. The SMILES string of the molecule is COC(=O)CC(C)CC(N)c1cc(C)c(F)cc1F. The molecule has 0 aliphatic rings. The molecule has 2 atom stereocenters. The number of ether oxygens (including phenoxy) is 1. The molecule has 0 spiro atoms. The van der Waals surface area contributed by atoms with Gasteiger partial charge in [0.1, 0.15) is 11.6 Å². The quantitative estimate of drug-likeness (QED) is 0.838. The third-order valence-corrected chi connectivity index (χ3v) is 3.08. The average molecular weight is 271 g/mol. The zero-order valence-electron chi connectivity index (χ0n) is 11.4. The maximum absolute atomic E-state index is 13.6. The lowest BCUT2D eigenvalue weighted by molar-refractivity contribution is -0.141. The Morgan fingerprint density at radius 2 is 2.00 bits per heavy atom. The molecule has 5 heteroatoms. The van der Waals surface area contributed by atoms with Crippen LogP contribution >= 0.6 is 0 Å². The average Bonchev–Trinajstić information content (AvgIpc) is 2.33. The number of nitrogens with two attached hydrogens (primary N) is 1. The lowest BCUT2D eigenvalue weighted by atomic mass is 9.93. The van der Waals surface area contributed by atoms with Crippen molar-refractivity contribution in [1.29, 1.82) is 0 Å². The summed E-state index contributed by atoms with van der Waals surface area (Å²) in [5.74, 6) is -1.60. The van der Waals surface area contributed by atoms with Gasteiger partial charge in [0, 0.05) is 24.1 Å². The van der Waals surface area contributed by atoms with Gasteiger partial charge in [0.15, 0.2) is 0 Å². The molecule has 106 valence electrons. The summed E-state index contributed by atoms with van der Waals surface area (Å²) in [6.45, 7) is 3.40.